The van der Waals surface area contributed by atoms with E-state index in [9.17, 15) is 0 Å². The van der Waals surface area contributed by atoms with Crippen molar-refractivity contribution in [3.63, 3.8) is 0 Å². The molecule has 0 amide bonds. The van der Waals surface area contributed by atoms with Crippen molar-refractivity contribution in [1.29, 1.82) is 5.26 Å². The van der Waals surface area contributed by atoms with Crippen molar-refractivity contribution in [3.8, 4) is 6.07 Å². The van der Waals surface area contributed by atoms with Crippen LogP contribution in [0.5, 0.6) is 0 Å². The highest BCUT2D eigenvalue weighted by Gasteiger charge is 2.08. The molecule has 1 N–H and O–H groups in total. The average molecular weight is 218 g/mol. The molecule has 0 bridgehead atoms. The van der Waals surface area contributed by atoms with E-state index in [1.54, 1.807) is 0 Å². The molecule has 0 fully saturated rings. The zero-order valence-electron chi connectivity index (χ0n) is 9.65. The van der Waals surface area contributed by atoms with Gasteiger partial charge in [-0.3, -0.25) is 0 Å². The monoisotopic (exact) mass is 218 g/mol. The Morgan fingerprint density at radius 2 is 2.12 bits per heavy atom. The summed E-state index contributed by atoms with van der Waals surface area (Å²) in [5.41, 5.74) is 1.15. The Kier molecular flexibility index (Phi) is 6.24. The van der Waals surface area contributed by atoms with Gasteiger partial charge in [0.25, 0.3) is 0 Å². The van der Waals surface area contributed by atoms with Gasteiger partial charge in [-0.2, -0.15) is 5.26 Å². The van der Waals surface area contributed by atoms with Crippen LogP contribution in [0.15, 0.2) is 30.3 Å². The van der Waals surface area contributed by atoms with Gasteiger partial charge in [-0.25, -0.2) is 0 Å². The number of ether oxygens (including phenoxy) is 1. The predicted molar refractivity (Wildman–Crippen MR) is 63.9 cm³/mol. The van der Waals surface area contributed by atoms with Crippen molar-refractivity contribution < 1.29 is 4.74 Å². The lowest BCUT2D eigenvalue weighted by Gasteiger charge is -2.16. The van der Waals surface area contributed by atoms with Crippen molar-refractivity contribution in [3.05, 3.63) is 35.9 Å². The normalized spacial score (nSPS) is 12.0. The highest BCUT2D eigenvalue weighted by Crippen LogP contribution is 2.15. The van der Waals surface area contributed by atoms with E-state index < -0.39 is 0 Å². The van der Waals surface area contributed by atoms with Gasteiger partial charge in [-0.1, -0.05) is 30.3 Å². The molecule has 0 aromatic heterocycles. The number of rotatable bonds is 7. The third-order valence-corrected chi connectivity index (χ3v) is 2.34. The summed E-state index contributed by atoms with van der Waals surface area (Å²) in [5.74, 6) is 0. The van der Waals surface area contributed by atoms with E-state index in [-0.39, 0.29) is 6.04 Å². The first-order valence-electron chi connectivity index (χ1n) is 5.61. The standard InChI is InChI=1S/C13H18N2O/c1-2-16-11-10-15-13(8-9-14)12-6-4-3-5-7-12/h3-7,13,15H,2,8,10-11H2,1H3. The van der Waals surface area contributed by atoms with Crippen molar-refractivity contribution in [2.45, 2.75) is 19.4 Å². The molecule has 86 valence electrons. The molecule has 0 heterocycles. The molecule has 1 atom stereocenters. The predicted octanol–water partition coefficient (Wildman–Crippen LogP) is 2.27. The lowest BCUT2D eigenvalue weighted by molar-refractivity contribution is 0.147. The van der Waals surface area contributed by atoms with Crippen molar-refractivity contribution in [2.24, 2.45) is 0 Å². The van der Waals surface area contributed by atoms with Gasteiger partial charge < -0.3 is 10.1 Å². The number of hydrogen-bond acceptors (Lipinski definition) is 3. The molecule has 3 heteroatoms. The SMILES string of the molecule is CCOCCNC(CC#N)c1ccccc1. The molecule has 1 rings (SSSR count). The number of hydrogen-bond donors (Lipinski definition) is 1. The third kappa shape index (κ3) is 4.43. The second-order valence-corrected chi connectivity index (χ2v) is 3.48. The average Bonchev–Trinajstić information content (AvgIpc) is 2.34. The molecular formula is C13H18N2O. The molecular weight excluding hydrogens is 200 g/mol. The first-order chi connectivity index (χ1) is 7.88. The molecule has 0 aliphatic carbocycles. The fourth-order valence-electron chi connectivity index (χ4n) is 1.53. The summed E-state index contributed by atoms with van der Waals surface area (Å²) < 4.78 is 5.25. The Hall–Kier alpha value is -1.37. The smallest absolute Gasteiger partial charge is 0.0641 e. The quantitative estimate of drug-likeness (QED) is 0.714. The highest BCUT2D eigenvalue weighted by atomic mass is 16.5. The van der Waals surface area contributed by atoms with E-state index in [0.29, 0.717) is 13.0 Å². The van der Waals surface area contributed by atoms with Crippen LogP contribution in [0, 0.1) is 11.3 Å². The van der Waals surface area contributed by atoms with Gasteiger partial charge in [0.15, 0.2) is 0 Å². The Labute approximate surface area is 97.0 Å². The molecule has 0 aliphatic rings. The molecule has 1 aromatic rings. The second-order valence-electron chi connectivity index (χ2n) is 3.48. The van der Waals surface area contributed by atoms with Crippen LogP contribution in [-0.4, -0.2) is 19.8 Å². The summed E-state index contributed by atoms with van der Waals surface area (Å²) in [7, 11) is 0. The molecule has 0 saturated carbocycles. The Bertz CT molecular complexity index is 318. The van der Waals surface area contributed by atoms with E-state index >= 15 is 0 Å². The number of nitrogens with zero attached hydrogens (tertiary/aromatic N) is 1. The zero-order valence-corrected chi connectivity index (χ0v) is 9.65. The van der Waals surface area contributed by atoms with Crippen LogP contribution >= 0.6 is 0 Å². The maximum Gasteiger partial charge on any atom is 0.0641 e. The van der Waals surface area contributed by atoms with E-state index in [1.807, 2.05) is 37.3 Å². The number of nitriles is 1. The summed E-state index contributed by atoms with van der Waals surface area (Å²) in [5, 5.41) is 12.1. The van der Waals surface area contributed by atoms with E-state index in [2.05, 4.69) is 11.4 Å². The summed E-state index contributed by atoms with van der Waals surface area (Å²) in [6, 6.07) is 12.3. The van der Waals surface area contributed by atoms with E-state index in [1.165, 1.54) is 0 Å². The van der Waals surface area contributed by atoms with Crippen molar-refractivity contribution in [1.82, 2.24) is 5.32 Å². The largest absolute Gasteiger partial charge is 0.380 e. The van der Waals surface area contributed by atoms with Gasteiger partial charge in [-0.15, -0.1) is 0 Å². The lowest BCUT2D eigenvalue weighted by Crippen LogP contribution is -2.25. The first kappa shape index (κ1) is 12.7. The minimum Gasteiger partial charge on any atom is -0.380 e. The fourth-order valence-corrected chi connectivity index (χ4v) is 1.53. The van der Waals surface area contributed by atoms with Crippen LogP contribution < -0.4 is 5.32 Å². The van der Waals surface area contributed by atoms with Gasteiger partial charge in [-0.05, 0) is 12.5 Å². The molecule has 1 unspecified atom stereocenters. The maximum absolute atomic E-state index is 8.78. The van der Waals surface area contributed by atoms with E-state index in [0.717, 1.165) is 18.7 Å². The van der Waals surface area contributed by atoms with Crippen molar-refractivity contribution in [2.75, 3.05) is 19.8 Å². The van der Waals surface area contributed by atoms with E-state index in [4.69, 9.17) is 10.00 Å². The van der Waals surface area contributed by atoms with Crippen LogP contribution in [0.3, 0.4) is 0 Å². The van der Waals surface area contributed by atoms with Gasteiger partial charge in [0.1, 0.15) is 0 Å². The van der Waals surface area contributed by atoms with Crippen LogP contribution in [0.4, 0.5) is 0 Å². The third-order valence-electron chi connectivity index (χ3n) is 2.34. The summed E-state index contributed by atoms with van der Waals surface area (Å²) in [4.78, 5) is 0. The minimum absolute atomic E-state index is 0.103. The van der Waals surface area contributed by atoms with Crippen LogP contribution in [0.1, 0.15) is 24.9 Å². The number of nitrogens with one attached hydrogen (secondary N) is 1. The first-order valence-corrected chi connectivity index (χ1v) is 5.61. The maximum atomic E-state index is 8.78. The topological polar surface area (TPSA) is 45.0 Å². The fraction of sp³-hybridized carbons (Fsp3) is 0.462. The minimum atomic E-state index is 0.103. The van der Waals surface area contributed by atoms with Crippen LogP contribution in [-0.2, 0) is 4.74 Å². The molecule has 0 radical (unpaired) electrons. The lowest BCUT2D eigenvalue weighted by atomic mass is 10.0. The molecule has 0 spiro atoms. The Morgan fingerprint density at radius 1 is 1.38 bits per heavy atom. The summed E-state index contributed by atoms with van der Waals surface area (Å²) in [6.07, 6.45) is 0.482. The Morgan fingerprint density at radius 3 is 2.75 bits per heavy atom. The van der Waals surface area contributed by atoms with Crippen molar-refractivity contribution >= 4 is 0 Å². The highest BCUT2D eigenvalue weighted by molar-refractivity contribution is 5.19. The summed E-state index contributed by atoms with van der Waals surface area (Å²) >= 11 is 0. The Balaban J connectivity index is 2.45. The molecule has 1 aromatic carbocycles. The van der Waals surface area contributed by atoms with Gasteiger partial charge in [0.2, 0.25) is 0 Å². The van der Waals surface area contributed by atoms with Gasteiger partial charge in [0.05, 0.1) is 19.1 Å². The molecule has 3 nitrogen and oxygen atoms in total. The molecule has 0 saturated heterocycles. The van der Waals surface area contributed by atoms with Crippen LogP contribution in [0.2, 0.25) is 0 Å². The summed E-state index contributed by atoms with van der Waals surface area (Å²) in [6.45, 7) is 4.17. The zero-order chi connectivity index (χ0) is 11.6. The van der Waals surface area contributed by atoms with Crippen LogP contribution in [0.25, 0.3) is 0 Å². The molecule has 0 aliphatic heterocycles. The van der Waals surface area contributed by atoms with Gasteiger partial charge >= 0.3 is 0 Å². The van der Waals surface area contributed by atoms with Gasteiger partial charge in [0, 0.05) is 19.2 Å². The molecule has 16 heavy (non-hydrogen) atoms. The second kappa shape index (κ2) is 7.86. The number of benzene rings is 1.